The van der Waals surface area contributed by atoms with Gasteiger partial charge < -0.3 is 0 Å². The molecular weight excluding hydrogens is 391 g/mol. The molecule has 31 heavy (non-hydrogen) atoms. The molecule has 2 aromatic carbocycles. The molecule has 0 aromatic heterocycles. The molecule has 3 aliphatic carbocycles. The number of benzene rings is 2. The quantitative estimate of drug-likeness (QED) is 0.405. The fourth-order valence-electron chi connectivity index (χ4n) is 6.11. The zero-order valence-corrected chi connectivity index (χ0v) is 19.8. The Morgan fingerprint density at radius 2 is 1.29 bits per heavy atom. The Labute approximate surface area is 190 Å². The van der Waals surface area contributed by atoms with Crippen LogP contribution in [0.1, 0.15) is 81.8 Å². The van der Waals surface area contributed by atoms with E-state index >= 15 is 0 Å². The van der Waals surface area contributed by atoms with Gasteiger partial charge in [0.1, 0.15) is 0 Å². The first-order valence-corrected chi connectivity index (χ1v) is 14.2. The van der Waals surface area contributed by atoms with E-state index in [4.69, 9.17) is 0 Å². The van der Waals surface area contributed by atoms with Gasteiger partial charge in [-0.1, -0.05) is 113 Å². The Balaban J connectivity index is 1.43. The lowest BCUT2D eigenvalue weighted by Crippen LogP contribution is -2.27. The van der Waals surface area contributed by atoms with Crippen molar-refractivity contribution in [3.05, 3.63) is 83.4 Å². The van der Waals surface area contributed by atoms with E-state index < -0.39 is 0 Å². The van der Waals surface area contributed by atoms with Gasteiger partial charge in [-0.25, -0.2) is 0 Å². The molecule has 0 bridgehead atoms. The van der Waals surface area contributed by atoms with Crippen molar-refractivity contribution in [3.63, 3.8) is 0 Å². The van der Waals surface area contributed by atoms with Crippen LogP contribution in [0.25, 0.3) is 5.57 Å². The summed E-state index contributed by atoms with van der Waals surface area (Å²) >= 11 is 0. The molecule has 0 unspecified atom stereocenters. The Bertz CT molecular complexity index is 892. The van der Waals surface area contributed by atoms with Gasteiger partial charge in [0.05, 0.1) is 0 Å². The summed E-state index contributed by atoms with van der Waals surface area (Å²) in [6.45, 7) is 0. The normalized spacial score (nSPS) is 20.7. The molecule has 1 heteroatoms. The van der Waals surface area contributed by atoms with E-state index in [9.17, 15) is 0 Å². The topological polar surface area (TPSA) is 0 Å². The van der Waals surface area contributed by atoms with Crippen molar-refractivity contribution in [1.82, 2.24) is 0 Å². The van der Waals surface area contributed by atoms with E-state index in [1.54, 1.807) is 16.4 Å². The highest BCUT2D eigenvalue weighted by Crippen LogP contribution is 2.56. The van der Waals surface area contributed by atoms with Gasteiger partial charge in [-0.15, -0.1) is 0 Å². The van der Waals surface area contributed by atoms with Crippen molar-refractivity contribution in [2.75, 3.05) is 0 Å². The van der Waals surface area contributed by atoms with Crippen LogP contribution in [-0.4, -0.2) is 11.3 Å². The molecule has 0 aliphatic heterocycles. The molecule has 0 heterocycles. The van der Waals surface area contributed by atoms with Crippen LogP contribution in [0, 0.1) is 0 Å². The smallest absolute Gasteiger partial charge is 0.00287 e. The lowest BCUT2D eigenvalue weighted by molar-refractivity contribution is 0.487. The predicted octanol–water partition coefficient (Wildman–Crippen LogP) is 8.42. The maximum Gasteiger partial charge on any atom is -0.00287 e. The van der Waals surface area contributed by atoms with Gasteiger partial charge in [0, 0.05) is 0 Å². The molecule has 0 radical (unpaired) electrons. The van der Waals surface area contributed by atoms with Crippen LogP contribution in [0.3, 0.4) is 0 Å². The molecule has 0 spiro atoms. The first-order chi connectivity index (χ1) is 15.4. The third-order valence-electron chi connectivity index (χ3n) is 7.66. The van der Waals surface area contributed by atoms with Crippen molar-refractivity contribution in [1.29, 1.82) is 0 Å². The van der Waals surface area contributed by atoms with E-state index in [1.165, 1.54) is 75.3 Å². The Hall–Kier alpha value is -1.65. The highest BCUT2D eigenvalue weighted by molar-refractivity contribution is 7.67. The van der Waals surface area contributed by atoms with Gasteiger partial charge in [-0.2, -0.15) is 0 Å². The summed E-state index contributed by atoms with van der Waals surface area (Å²) in [7, 11) is -0.0553. The van der Waals surface area contributed by atoms with Crippen molar-refractivity contribution in [2.45, 2.75) is 88.4 Å². The molecule has 0 N–H and O–H groups in total. The molecule has 0 atom stereocenters. The number of hydrogen-bond acceptors (Lipinski definition) is 0. The molecule has 0 amide bonds. The second-order valence-electron chi connectivity index (χ2n) is 9.82. The summed E-state index contributed by atoms with van der Waals surface area (Å²) in [6, 6.07) is 20.5. The first-order valence-electron chi connectivity index (χ1n) is 12.7. The lowest BCUT2D eigenvalue weighted by Gasteiger charge is -2.39. The Morgan fingerprint density at radius 1 is 0.677 bits per heavy atom. The van der Waals surface area contributed by atoms with Crippen LogP contribution in [0.2, 0.25) is 0 Å². The zero-order valence-electron chi connectivity index (χ0n) is 18.9. The predicted molar refractivity (Wildman–Crippen MR) is 138 cm³/mol. The highest BCUT2D eigenvalue weighted by atomic mass is 31.1. The summed E-state index contributed by atoms with van der Waals surface area (Å²) < 4.78 is 0. The van der Waals surface area contributed by atoms with Crippen molar-refractivity contribution >= 4 is 18.8 Å². The molecule has 2 saturated carbocycles. The minimum Gasteiger partial charge on any atom is -0.0765 e. The van der Waals surface area contributed by atoms with Crippen molar-refractivity contribution < 1.29 is 0 Å². The summed E-state index contributed by atoms with van der Waals surface area (Å²) in [5.74, 6) is 0. The third-order valence-corrected chi connectivity index (χ3v) is 11.2. The third kappa shape index (κ3) is 5.06. The lowest BCUT2D eigenvalue weighted by atomic mass is 9.99. The molecule has 0 saturated heterocycles. The van der Waals surface area contributed by atoms with E-state index in [-0.39, 0.29) is 7.92 Å². The second kappa shape index (κ2) is 10.3. The summed E-state index contributed by atoms with van der Waals surface area (Å²) in [5.41, 5.74) is 8.00. The summed E-state index contributed by atoms with van der Waals surface area (Å²) in [5, 5.41) is 1.75. The van der Waals surface area contributed by atoms with Gasteiger partial charge in [-0.05, 0) is 77.4 Å². The molecule has 3 aliphatic rings. The maximum atomic E-state index is 2.53. The monoisotopic (exact) mass is 428 g/mol. The van der Waals surface area contributed by atoms with E-state index in [2.05, 4.69) is 66.7 Å². The molecule has 162 valence electrons. The van der Waals surface area contributed by atoms with Crippen LogP contribution in [-0.2, 0) is 6.42 Å². The average Bonchev–Trinajstić information content (AvgIpc) is 3.30. The van der Waals surface area contributed by atoms with E-state index in [1.807, 2.05) is 0 Å². The molecule has 0 nitrogen and oxygen atoms in total. The molecule has 5 rings (SSSR count). The second-order valence-corrected chi connectivity index (χ2v) is 12.6. The average molecular weight is 429 g/mol. The van der Waals surface area contributed by atoms with Gasteiger partial charge in [0.2, 0.25) is 0 Å². The fourth-order valence-corrected chi connectivity index (χ4v) is 10.1. The first kappa shape index (κ1) is 21.2. The van der Waals surface area contributed by atoms with Crippen LogP contribution < -0.4 is 5.30 Å². The molecular formula is C30H37P. The standard InChI is InChI=1S/C30H37P/c1-4-12-24(13-5-1)22-25-20-21-26(23-25)29-18-10-11-19-30(29)31(27-14-6-2-7-15-27)28-16-8-3-9-17-28/h1,4-5,10-13,18-20,23,27-28H,2-3,6-9,14-17,21-22H2. The zero-order chi connectivity index (χ0) is 20.9. The van der Waals surface area contributed by atoms with Crippen LogP contribution in [0.4, 0.5) is 0 Å². The largest absolute Gasteiger partial charge is 0.0765 e. The van der Waals surface area contributed by atoms with Crippen molar-refractivity contribution in [2.24, 2.45) is 0 Å². The highest BCUT2D eigenvalue weighted by Gasteiger charge is 2.33. The van der Waals surface area contributed by atoms with Gasteiger partial charge in [-0.3, -0.25) is 0 Å². The van der Waals surface area contributed by atoms with Crippen LogP contribution in [0.5, 0.6) is 0 Å². The summed E-state index contributed by atoms with van der Waals surface area (Å²) in [4.78, 5) is 0. The van der Waals surface area contributed by atoms with Gasteiger partial charge in [0.15, 0.2) is 0 Å². The minimum absolute atomic E-state index is 0.0553. The Morgan fingerprint density at radius 3 is 1.97 bits per heavy atom. The van der Waals surface area contributed by atoms with Gasteiger partial charge in [0.25, 0.3) is 0 Å². The number of allylic oxidation sites excluding steroid dienone is 4. The van der Waals surface area contributed by atoms with Crippen LogP contribution in [0.15, 0.2) is 72.3 Å². The maximum absolute atomic E-state index is 2.53. The van der Waals surface area contributed by atoms with E-state index in [0.29, 0.717) is 0 Å². The SMILES string of the molecule is C1=C(Cc2ccccc2)C=C(c2ccccc2P(C2CCCCC2)C2CCCCC2)C1. The molecule has 2 aromatic rings. The van der Waals surface area contributed by atoms with E-state index in [0.717, 1.165) is 24.2 Å². The Kier molecular flexibility index (Phi) is 7.05. The van der Waals surface area contributed by atoms with Gasteiger partial charge >= 0.3 is 0 Å². The van der Waals surface area contributed by atoms with Crippen molar-refractivity contribution in [3.8, 4) is 0 Å². The fraction of sp³-hybridized carbons (Fsp3) is 0.467. The number of rotatable bonds is 6. The van der Waals surface area contributed by atoms with Crippen LogP contribution >= 0.6 is 7.92 Å². The number of hydrogen-bond donors (Lipinski definition) is 0. The molecule has 2 fully saturated rings. The summed E-state index contributed by atoms with van der Waals surface area (Å²) in [6.07, 6.45) is 21.9. The minimum atomic E-state index is -0.0553.